The number of benzene rings is 1. The van der Waals surface area contributed by atoms with E-state index >= 15 is 0 Å². The third kappa shape index (κ3) is 4.12. The molecule has 0 radical (unpaired) electrons. The zero-order valence-electron chi connectivity index (χ0n) is 14.5. The summed E-state index contributed by atoms with van der Waals surface area (Å²) in [6.07, 6.45) is 3.10. The summed E-state index contributed by atoms with van der Waals surface area (Å²) >= 11 is 5.85. The molecule has 1 fully saturated rings. The molecule has 1 aromatic heterocycles. The van der Waals surface area contributed by atoms with Crippen LogP contribution in [0.5, 0.6) is 5.75 Å². The second kappa shape index (κ2) is 8.16. The van der Waals surface area contributed by atoms with Crippen molar-refractivity contribution in [2.24, 2.45) is 10.2 Å². The molecule has 3 rings (SSSR count). The number of hydrogen-bond donors (Lipinski definition) is 3. The molecule has 2 aromatic rings. The first-order valence-electron chi connectivity index (χ1n) is 8.33. The van der Waals surface area contributed by atoms with Crippen molar-refractivity contribution in [2.75, 3.05) is 26.2 Å². The molecular weight excluding hydrogens is 352 g/mol. The van der Waals surface area contributed by atoms with Gasteiger partial charge in [-0.25, -0.2) is 4.98 Å². The molecule has 1 aliphatic rings. The molecule has 1 saturated heterocycles. The topological polar surface area (TPSA) is 88.9 Å². The maximum absolute atomic E-state index is 10.4. The number of hydrogen-bond acceptors (Lipinski definition) is 5. The minimum atomic E-state index is 0.0729. The largest absolute Gasteiger partial charge is 0.507 e. The van der Waals surface area contributed by atoms with Crippen LogP contribution in [0.15, 0.2) is 47.3 Å². The van der Waals surface area contributed by atoms with E-state index in [2.05, 4.69) is 37.0 Å². The highest BCUT2D eigenvalue weighted by Crippen LogP contribution is 2.26. The number of aromatic hydroxyl groups is 1. The Bertz CT molecular complexity index is 851. The molecule has 7 nitrogen and oxygen atoms in total. The standard InChI is InChI=1S/C18H21ClN6O/c1-3-15(24-23-12(2)25-8-6-20-7-9-25)14-5-4-13(10-16(14)26)18-21-11-17(19)22-18/h3-5,10-11,20,26H,1,6-9H2,2H3,(H,21,22)/b23-12+,24-15+. The number of aromatic nitrogens is 2. The number of aromatic amines is 1. The van der Waals surface area contributed by atoms with E-state index in [9.17, 15) is 5.11 Å². The number of rotatable bonds is 4. The number of H-pyrrole nitrogens is 1. The number of piperazine rings is 1. The van der Waals surface area contributed by atoms with Crippen molar-refractivity contribution in [3.05, 3.63) is 47.8 Å². The van der Waals surface area contributed by atoms with E-state index in [0.717, 1.165) is 37.6 Å². The normalized spacial score (nSPS) is 16.0. The van der Waals surface area contributed by atoms with Gasteiger partial charge >= 0.3 is 0 Å². The van der Waals surface area contributed by atoms with Crippen LogP contribution in [-0.4, -0.2) is 57.7 Å². The van der Waals surface area contributed by atoms with Gasteiger partial charge in [-0.3, -0.25) is 0 Å². The lowest BCUT2D eigenvalue weighted by molar-refractivity contribution is 0.355. The van der Waals surface area contributed by atoms with E-state index in [0.29, 0.717) is 22.3 Å². The van der Waals surface area contributed by atoms with Crippen LogP contribution in [0.2, 0.25) is 5.15 Å². The maximum Gasteiger partial charge on any atom is 0.138 e. The minimum Gasteiger partial charge on any atom is -0.507 e. The van der Waals surface area contributed by atoms with Crippen LogP contribution in [-0.2, 0) is 0 Å². The fraction of sp³-hybridized carbons (Fsp3) is 0.278. The molecule has 0 unspecified atom stereocenters. The van der Waals surface area contributed by atoms with Crippen LogP contribution < -0.4 is 5.32 Å². The third-order valence-corrected chi connectivity index (χ3v) is 4.35. The predicted octanol–water partition coefficient (Wildman–Crippen LogP) is 2.65. The molecule has 1 aliphatic heterocycles. The first-order chi connectivity index (χ1) is 12.6. The Labute approximate surface area is 157 Å². The van der Waals surface area contributed by atoms with Gasteiger partial charge in [0.25, 0.3) is 0 Å². The molecule has 26 heavy (non-hydrogen) atoms. The molecule has 0 amide bonds. The molecule has 0 bridgehead atoms. The number of nitrogens with one attached hydrogen (secondary N) is 2. The second-order valence-electron chi connectivity index (χ2n) is 5.89. The summed E-state index contributed by atoms with van der Waals surface area (Å²) in [5, 5.41) is 22.7. The van der Waals surface area contributed by atoms with Gasteiger partial charge in [-0.05, 0) is 25.1 Å². The molecule has 0 spiro atoms. The summed E-state index contributed by atoms with van der Waals surface area (Å²) in [7, 11) is 0. The average Bonchev–Trinajstić information content (AvgIpc) is 3.10. The molecule has 2 heterocycles. The molecular formula is C18H21ClN6O. The van der Waals surface area contributed by atoms with E-state index < -0.39 is 0 Å². The van der Waals surface area contributed by atoms with E-state index in [1.807, 2.05) is 13.0 Å². The Balaban J connectivity index is 1.84. The van der Waals surface area contributed by atoms with Crippen molar-refractivity contribution in [3.63, 3.8) is 0 Å². The second-order valence-corrected chi connectivity index (χ2v) is 6.29. The molecule has 136 valence electrons. The fourth-order valence-electron chi connectivity index (χ4n) is 2.72. The van der Waals surface area contributed by atoms with Crippen LogP contribution in [0.4, 0.5) is 0 Å². The average molecular weight is 373 g/mol. The van der Waals surface area contributed by atoms with Crippen LogP contribution >= 0.6 is 11.6 Å². The van der Waals surface area contributed by atoms with Gasteiger partial charge in [-0.2, -0.15) is 0 Å². The van der Waals surface area contributed by atoms with Gasteiger partial charge in [0, 0.05) is 37.3 Å². The maximum atomic E-state index is 10.4. The number of nitrogens with zero attached hydrogens (tertiary/aromatic N) is 4. The molecule has 0 aliphatic carbocycles. The SMILES string of the molecule is C=C/C(=N\N=C(/C)N1CCNCC1)c1ccc(-c2ncc(Cl)[nH]2)cc1O. The lowest BCUT2D eigenvalue weighted by Gasteiger charge is -2.28. The smallest absolute Gasteiger partial charge is 0.138 e. The van der Waals surface area contributed by atoms with Crippen molar-refractivity contribution >= 4 is 23.1 Å². The molecule has 8 heteroatoms. The number of phenolic OH excluding ortho intramolecular Hbond substituents is 1. The fourth-order valence-corrected chi connectivity index (χ4v) is 2.86. The Morgan fingerprint density at radius 2 is 2.12 bits per heavy atom. The summed E-state index contributed by atoms with van der Waals surface area (Å²) in [5.41, 5.74) is 1.78. The lowest BCUT2D eigenvalue weighted by atomic mass is 10.1. The number of phenols is 1. The van der Waals surface area contributed by atoms with Crippen molar-refractivity contribution in [1.82, 2.24) is 20.2 Å². The van der Waals surface area contributed by atoms with Crippen LogP contribution in [0.1, 0.15) is 12.5 Å². The third-order valence-electron chi connectivity index (χ3n) is 4.16. The van der Waals surface area contributed by atoms with Crippen molar-refractivity contribution in [3.8, 4) is 17.1 Å². The predicted molar refractivity (Wildman–Crippen MR) is 105 cm³/mol. The number of halogens is 1. The first kappa shape index (κ1) is 18.2. The van der Waals surface area contributed by atoms with Gasteiger partial charge in [-0.1, -0.05) is 24.2 Å². The molecule has 3 N–H and O–H groups in total. The van der Waals surface area contributed by atoms with Crippen LogP contribution in [0.25, 0.3) is 11.4 Å². The number of imidazole rings is 1. The van der Waals surface area contributed by atoms with Crippen LogP contribution in [0, 0.1) is 0 Å². The van der Waals surface area contributed by atoms with E-state index in [-0.39, 0.29) is 5.75 Å². The number of allylic oxidation sites excluding steroid dienone is 1. The Kier molecular flexibility index (Phi) is 5.70. The van der Waals surface area contributed by atoms with Gasteiger partial charge < -0.3 is 20.3 Å². The lowest BCUT2D eigenvalue weighted by Crippen LogP contribution is -2.45. The summed E-state index contributed by atoms with van der Waals surface area (Å²) < 4.78 is 0. The van der Waals surface area contributed by atoms with E-state index in [4.69, 9.17) is 11.6 Å². The Morgan fingerprint density at radius 3 is 2.73 bits per heavy atom. The Hall–Kier alpha value is -2.64. The highest BCUT2D eigenvalue weighted by atomic mass is 35.5. The zero-order chi connectivity index (χ0) is 18.5. The molecule has 0 saturated carbocycles. The zero-order valence-corrected chi connectivity index (χ0v) is 15.3. The molecule has 1 aromatic carbocycles. The summed E-state index contributed by atoms with van der Waals surface area (Å²) in [4.78, 5) is 9.24. The van der Waals surface area contributed by atoms with Gasteiger partial charge in [0.2, 0.25) is 0 Å². The van der Waals surface area contributed by atoms with Gasteiger partial charge in [-0.15, -0.1) is 10.2 Å². The highest BCUT2D eigenvalue weighted by molar-refractivity contribution is 6.29. The van der Waals surface area contributed by atoms with Crippen molar-refractivity contribution in [2.45, 2.75) is 6.92 Å². The van der Waals surface area contributed by atoms with Gasteiger partial charge in [0.15, 0.2) is 0 Å². The molecule has 0 atom stereocenters. The van der Waals surface area contributed by atoms with Gasteiger partial charge in [0.1, 0.15) is 22.6 Å². The van der Waals surface area contributed by atoms with E-state index in [1.54, 1.807) is 18.2 Å². The quantitative estimate of drug-likeness (QED) is 0.437. The van der Waals surface area contributed by atoms with E-state index in [1.165, 1.54) is 6.20 Å². The Morgan fingerprint density at radius 1 is 1.35 bits per heavy atom. The summed E-state index contributed by atoms with van der Waals surface area (Å²) in [6.45, 7) is 9.39. The van der Waals surface area contributed by atoms with Crippen LogP contribution in [0.3, 0.4) is 0 Å². The van der Waals surface area contributed by atoms with Crippen molar-refractivity contribution in [1.29, 1.82) is 0 Å². The van der Waals surface area contributed by atoms with Gasteiger partial charge in [0.05, 0.1) is 11.9 Å². The monoisotopic (exact) mass is 372 g/mol. The highest BCUT2D eigenvalue weighted by Gasteiger charge is 2.12. The summed E-state index contributed by atoms with van der Waals surface area (Å²) in [5.74, 6) is 1.50. The van der Waals surface area contributed by atoms with Crippen molar-refractivity contribution < 1.29 is 5.11 Å². The minimum absolute atomic E-state index is 0.0729. The summed E-state index contributed by atoms with van der Waals surface area (Å²) in [6, 6.07) is 5.20. The first-order valence-corrected chi connectivity index (χ1v) is 8.71. The number of amidine groups is 1.